The van der Waals surface area contributed by atoms with Crippen LogP contribution in [0.1, 0.15) is 33.4 Å². The van der Waals surface area contributed by atoms with Crippen molar-refractivity contribution in [1.82, 2.24) is 14.8 Å². The first-order chi connectivity index (χ1) is 18.0. The number of ketones is 1. The van der Waals surface area contributed by atoms with Crippen LogP contribution >= 0.6 is 11.3 Å². The number of aliphatic hydroxyl groups is 1. The van der Waals surface area contributed by atoms with E-state index in [-0.39, 0.29) is 17.7 Å². The van der Waals surface area contributed by atoms with Gasteiger partial charge in [0.25, 0.3) is 5.91 Å². The van der Waals surface area contributed by atoms with E-state index in [0.717, 1.165) is 25.2 Å². The quantitative estimate of drug-likeness (QED) is 0.438. The Morgan fingerprint density at radius 1 is 1.11 bits per heavy atom. The summed E-state index contributed by atoms with van der Waals surface area (Å²) in [6, 6.07) is 14.5. The number of hydrogen-bond acceptors (Lipinski definition) is 7. The molecule has 2 aliphatic rings. The third-order valence-electron chi connectivity index (χ3n) is 6.75. The summed E-state index contributed by atoms with van der Waals surface area (Å²) >= 11 is 1.20. The number of benzene rings is 2. The summed E-state index contributed by atoms with van der Waals surface area (Å²) in [4.78, 5) is 35.6. The minimum absolute atomic E-state index is 0.104. The normalized spacial score (nSPS) is 18.6. The molecule has 192 valence electrons. The zero-order chi connectivity index (χ0) is 25.9. The Hall–Kier alpha value is -3.40. The lowest BCUT2D eigenvalue weighted by Gasteiger charge is -2.30. The molecule has 37 heavy (non-hydrogen) atoms. The second-order valence-corrected chi connectivity index (χ2v) is 10.1. The van der Waals surface area contributed by atoms with E-state index in [0.29, 0.717) is 35.2 Å². The molecule has 0 spiro atoms. The van der Waals surface area contributed by atoms with Crippen LogP contribution in [-0.2, 0) is 9.53 Å². The lowest BCUT2D eigenvalue weighted by Crippen LogP contribution is -2.39. The zero-order valence-electron chi connectivity index (χ0n) is 20.5. The first-order valence-electron chi connectivity index (χ1n) is 12.3. The molecule has 5 rings (SSSR count). The van der Waals surface area contributed by atoms with Gasteiger partial charge in [-0.25, -0.2) is 9.37 Å². The van der Waals surface area contributed by atoms with Gasteiger partial charge in [0.2, 0.25) is 5.78 Å². The first-order valence-corrected chi connectivity index (χ1v) is 13.1. The largest absolute Gasteiger partial charge is 0.503 e. The molecule has 1 unspecified atom stereocenters. The van der Waals surface area contributed by atoms with Gasteiger partial charge in [0.1, 0.15) is 10.8 Å². The molecule has 1 atom stereocenters. The Kier molecular flexibility index (Phi) is 7.45. The second kappa shape index (κ2) is 10.9. The van der Waals surface area contributed by atoms with E-state index in [2.05, 4.69) is 9.88 Å². The lowest BCUT2D eigenvalue weighted by atomic mass is 9.94. The summed E-state index contributed by atoms with van der Waals surface area (Å²) in [6.07, 6.45) is 0.614. The van der Waals surface area contributed by atoms with E-state index in [4.69, 9.17) is 4.74 Å². The standard InChI is InChI=1S/C28H28FN3O4S/c1-18-26(37-27(30-18)19-8-3-2-4-9-19)24(33)22-23(20-10-5-6-11-21(20)29)32(28(35)25(22)34)13-7-12-31-14-16-36-17-15-31/h2-6,8-11,23,34H,7,12-17H2,1H3. The minimum Gasteiger partial charge on any atom is -0.503 e. The molecule has 1 amide bonds. The van der Waals surface area contributed by atoms with Crippen LogP contribution in [0, 0.1) is 12.7 Å². The third kappa shape index (κ3) is 5.07. The Bertz CT molecular complexity index is 1330. The average molecular weight is 522 g/mol. The summed E-state index contributed by atoms with van der Waals surface area (Å²) in [5.41, 5.74) is 1.44. The highest BCUT2D eigenvalue weighted by Crippen LogP contribution is 2.41. The number of rotatable bonds is 8. The van der Waals surface area contributed by atoms with Crippen molar-refractivity contribution in [3.63, 3.8) is 0 Å². The molecule has 1 fully saturated rings. The van der Waals surface area contributed by atoms with Crippen LogP contribution in [0.2, 0.25) is 0 Å². The SMILES string of the molecule is Cc1nc(-c2ccccc2)sc1C(=O)C1=C(O)C(=O)N(CCCN2CCOCC2)C1c1ccccc1F. The molecule has 1 N–H and O–H groups in total. The maximum atomic E-state index is 15.0. The van der Waals surface area contributed by atoms with Gasteiger partial charge in [0.05, 0.1) is 35.4 Å². The molecule has 0 saturated carbocycles. The molecule has 2 aromatic carbocycles. The number of aromatic nitrogens is 1. The van der Waals surface area contributed by atoms with Crippen molar-refractivity contribution in [3.8, 4) is 10.6 Å². The van der Waals surface area contributed by atoms with Gasteiger partial charge in [-0.3, -0.25) is 14.5 Å². The number of aryl methyl sites for hydroxylation is 1. The number of thiazole rings is 1. The monoisotopic (exact) mass is 521 g/mol. The van der Waals surface area contributed by atoms with E-state index in [9.17, 15) is 14.7 Å². The van der Waals surface area contributed by atoms with Gasteiger partial charge in [-0.05, 0) is 19.4 Å². The van der Waals surface area contributed by atoms with Gasteiger partial charge < -0.3 is 14.7 Å². The van der Waals surface area contributed by atoms with Gasteiger partial charge in [0, 0.05) is 37.3 Å². The van der Waals surface area contributed by atoms with E-state index in [1.807, 2.05) is 30.3 Å². The van der Waals surface area contributed by atoms with Crippen molar-refractivity contribution < 1.29 is 23.8 Å². The Morgan fingerprint density at radius 3 is 2.54 bits per heavy atom. The fraction of sp³-hybridized carbons (Fsp3) is 0.321. The average Bonchev–Trinajstić information content (AvgIpc) is 3.43. The number of nitrogens with zero attached hydrogens (tertiary/aromatic N) is 3. The number of Topliss-reactive ketones (excluding diaryl/α,β-unsaturated/α-hetero) is 1. The van der Waals surface area contributed by atoms with Crippen molar-refractivity contribution in [2.75, 3.05) is 39.4 Å². The number of amides is 1. The van der Waals surface area contributed by atoms with E-state index < -0.39 is 29.3 Å². The fourth-order valence-corrected chi connectivity index (χ4v) is 5.89. The molecule has 0 aliphatic carbocycles. The van der Waals surface area contributed by atoms with Gasteiger partial charge in [-0.1, -0.05) is 48.5 Å². The molecule has 0 bridgehead atoms. The number of carbonyl (C=O) groups excluding carboxylic acids is 2. The zero-order valence-corrected chi connectivity index (χ0v) is 21.3. The molecule has 1 saturated heterocycles. The van der Waals surface area contributed by atoms with Crippen molar-refractivity contribution in [2.45, 2.75) is 19.4 Å². The number of morpholine rings is 1. The third-order valence-corrected chi connectivity index (χ3v) is 7.95. The Balaban J connectivity index is 1.46. The van der Waals surface area contributed by atoms with Crippen LogP contribution in [0.5, 0.6) is 0 Å². The van der Waals surface area contributed by atoms with Crippen LogP contribution in [-0.4, -0.2) is 71.0 Å². The molecule has 1 aromatic heterocycles. The number of hydrogen-bond donors (Lipinski definition) is 1. The fourth-order valence-electron chi connectivity index (χ4n) is 4.86. The Morgan fingerprint density at radius 2 is 1.81 bits per heavy atom. The summed E-state index contributed by atoms with van der Waals surface area (Å²) in [7, 11) is 0. The Labute approximate surface area is 218 Å². The maximum Gasteiger partial charge on any atom is 0.290 e. The van der Waals surface area contributed by atoms with Crippen molar-refractivity contribution in [2.24, 2.45) is 0 Å². The highest BCUT2D eigenvalue weighted by atomic mass is 32.1. The number of halogens is 1. The highest BCUT2D eigenvalue weighted by Gasteiger charge is 2.45. The van der Waals surface area contributed by atoms with E-state index >= 15 is 4.39 Å². The van der Waals surface area contributed by atoms with Gasteiger partial charge in [-0.2, -0.15) is 0 Å². The molecule has 3 heterocycles. The van der Waals surface area contributed by atoms with Crippen LogP contribution in [0.3, 0.4) is 0 Å². The smallest absolute Gasteiger partial charge is 0.290 e. The van der Waals surface area contributed by atoms with Gasteiger partial charge in [0.15, 0.2) is 5.76 Å². The van der Waals surface area contributed by atoms with Crippen LogP contribution in [0.25, 0.3) is 10.6 Å². The van der Waals surface area contributed by atoms with Crippen molar-refractivity contribution in [1.29, 1.82) is 0 Å². The molecule has 9 heteroatoms. The van der Waals surface area contributed by atoms with Crippen LogP contribution < -0.4 is 0 Å². The van der Waals surface area contributed by atoms with Gasteiger partial charge >= 0.3 is 0 Å². The van der Waals surface area contributed by atoms with E-state index in [1.54, 1.807) is 25.1 Å². The lowest BCUT2D eigenvalue weighted by molar-refractivity contribution is -0.129. The second-order valence-electron chi connectivity index (χ2n) is 9.12. The van der Waals surface area contributed by atoms with Crippen LogP contribution in [0.15, 0.2) is 65.9 Å². The maximum absolute atomic E-state index is 15.0. The van der Waals surface area contributed by atoms with Crippen LogP contribution in [0.4, 0.5) is 4.39 Å². The number of aliphatic hydroxyl groups excluding tert-OH is 1. The molecule has 2 aliphatic heterocycles. The predicted octanol–water partition coefficient (Wildman–Crippen LogP) is 4.56. The summed E-state index contributed by atoms with van der Waals surface area (Å²) in [5, 5.41) is 11.6. The van der Waals surface area contributed by atoms with Gasteiger partial charge in [-0.15, -0.1) is 11.3 Å². The molecule has 3 aromatic rings. The molecule has 0 radical (unpaired) electrons. The van der Waals surface area contributed by atoms with Crippen molar-refractivity contribution >= 4 is 23.0 Å². The summed E-state index contributed by atoms with van der Waals surface area (Å²) in [5.74, 6) is -2.33. The number of ether oxygens (including phenoxy) is 1. The topological polar surface area (TPSA) is 83.0 Å². The minimum atomic E-state index is -1.02. The molecular weight excluding hydrogens is 493 g/mol. The summed E-state index contributed by atoms with van der Waals surface area (Å²) in [6.45, 7) is 5.69. The first kappa shape index (κ1) is 25.3. The molecular formula is C28H28FN3O4S. The predicted molar refractivity (Wildman–Crippen MR) is 139 cm³/mol. The number of carbonyl (C=O) groups is 2. The van der Waals surface area contributed by atoms with E-state index in [1.165, 1.54) is 22.3 Å². The highest BCUT2D eigenvalue weighted by molar-refractivity contribution is 7.17. The summed E-state index contributed by atoms with van der Waals surface area (Å²) < 4.78 is 20.4. The van der Waals surface area contributed by atoms with Crippen molar-refractivity contribution in [3.05, 3.63) is 87.9 Å². The molecule has 7 nitrogen and oxygen atoms in total.